The summed E-state index contributed by atoms with van der Waals surface area (Å²) in [5, 5.41) is 7.00. The van der Waals surface area contributed by atoms with Gasteiger partial charge in [0.05, 0.1) is 5.56 Å². The molecule has 0 fully saturated rings. The normalized spacial score (nSPS) is 9.94. The van der Waals surface area contributed by atoms with Gasteiger partial charge in [-0.2, -0.15) is 0 Å². The first-order valence-corrected chi connectivity index (χ1v) is 4.59. The molecular weight excluding hydrogens is 242 g/mol. The maximum atomic E-state index is 13.5. The number of hydrogen-bond acceptors (Lipinski definition) is 3. The molecule has 7 heteroatoms. The van der Waals surface area contributed by atoms with Crippen LogP contribution in [0.25, 0.3) is 0 Å². The zero-order valence-corrected chi connectivity index (χ0v) is 8.65. The van der Waals surface area contributed by atoms with Crippen LogP contribution in [0.3, 0.4) is 0 Å². The van der Waals surface area contributed by atoms with E-state index in [0.717, 1.165) is 6.07 Å². The van der Waals surface area contributed by atoms with Crippen molar-refractivity contribution in [2.75, 3.05) is 5.88 Å². The lowest BCUT2D eigenvalue weighted by Gasteiger charge is -2.07. The molecule has 0 amide bonds. The van der Waals surface area contributed by atoms with Crippen molar-refractivity contribution in [2.24, 2.45) is 5.73 Å². The molecular formula is C9H7ClF2N2O2. The smallest absolute Gasteiger partial charge is 0.326 e. The highest BCUT2D eigenvalue weighted by molar-refractivity contribution is 6.26. The van der Waals surface area contributed by atoms with Gasteiger partial charge in [0.25, 0.3) is 0 Å². The van der Waals surface area contributed by atoms with E-state index in [4.69, 9.17) is 22.7 Å². The number of amidine groups is 1. The number of carbonyl (C=O) groups excluding carboxylic acids is 1. The Kier molecular flexibility index (Phi) is 3.78. The number of benzene rings is 1. The van der Waals surface area contributed by atoms with Crippen molar-refractivity contribution in [3.05, 3.63) is 29.3 Å². The quantitative estimate of drug-likeness (QED) is 0.279. The Hall–Kier alpha value is -1.69. The fourth-order valence-corrected chi connectivity index (χ4v) is 1.04. The standard InChI is InChI=1S/C9H7ClF2N2O2/c10-3-7(15)16-6-2-4(11)1-5(8(6)12)9(13)14/h1-2H,3H2,(H3,13,14). The van der Waals surface area contributed by atoms with Gasteiger partial charge < -0.3 is 10.5 Å². The van der Waals surface area contributed by atoms with Crippen molar-refractivity contribution in [1.29, 1.82) is 5.41 Å². The average molecular weight is 249 g/mol. The molecule has 3 N–H and O–H groups in total. The van der Waals surface area contributed by atoms with Crippen LogP contribution >= 0.6 is 11.6 Å². The summed E-state index contributed by atoms with van der Waals surface area (Å²) in [4.78, 5) is 10.8. The van der Waals surface area contributed by atoms with E-state index in [1.807, 2.05) is 0 Å². The number of halogens is 3. The average Bonchev–Trinajstić information content (AvgIpc) is 2.22. The van der Waals surface area contributed by atoms with E-state index in [0.29, 0.717) is 6.07 Å². The van der Waals surface area contributed by atoms with Crippen LogP contribution in [0.15, 0.2) is 12.1 Å². The first-order valence-electron chi connectivity index (χ1n) is 4.05. The van der Waals surface area contributed by atoms with E-state index in [-0.39, 0.29) is 0 Å². The Labute approximate surface area is 94.5 Å². The number of ether oxygens (including phenoxy) is 1. The second kappa shape index (κ2) is 4.89. The number of nitrogen functional groups attached to an aromatic ring is 1. The summed E-state index contributed by atoms with van der Waals surface area (Å²) in [7, 11) is 0. The fourth-order valence-electron chi connectivity index (χ4n) is 0.984. The zero-order chi connectivity index (χ0) is 12.3. The lowest BCUT2D eigenvalue weighted by atomic mass is 10.2. The Bertz CT molecular complexity index is 451. The Morgan fingerprint density at radius 1 is 1.50 bits per heavy atom. The number of alkyl halides is 1. The molecule has 0 atom stereocenters. The van der Waals surface area contributed by atoms with E-state index in [1.54, 1.807) is 0 Å². The van der Waals surface area contributed by atoms with Gasteiger partial charge in [-0.05, 0) is 6.07 Å². The van der Waals surface area contributed by atoms with Crippen LogP contribution in [0.5, 0.6) is 5.75 Å². The van der Waals surface area contributed by atoms with Crippen LogP contribution in [0, 0.1) is 17.0 Å². The van der Waals surface area contributed by atoms with Gasteiger partial charge >= 0.3 is 5.97 Å². The van der Waals surface area contributed by atoms with E-state index in [2.05, 4.69) is 4.74 Å². The van der Waals surface area contributed by atoms with Gasteiger partial charge in [0.2, 0.25) is 0 Å². The SMILES string of the molecule is N=C(N)c1cc(F)cc(OC(=O)CCl)c1F. The molecule has 0 spiro atoms. The topological polar surface area (TPSA) is 76.2 Å². The monoisotopic (exact) mass is 248 g/mol. The van der Waals surface area contributed by atoms with Crippen LogP contribution in [0.4, 0.5) is 8.78 Å². The molecule has 0 unspecified atom stereocenters. The summed E-state index contributed by atoms with van der Waals surface area (Å²) in [5.74, 6) is -4.68. The Balaban J connectivity index is 3.19. The summed E-state index contributed by atoms with van der Waals surface area (Å²) in [6.07, 6.45) is 0. The van der Waals surface area contributed by atoms with Crippen LogP contribution in [-0.2, 0) is 4.79 Å². The number of nitrogens with two attached hydrogens (primary N) is 1. The van der Waals surface area contributed by atoms with Crippen molar-refractivity contribution >= 4 is 23.4 Å². The molecule has 0 aromatic heterocycles. The zero-order valence-electron chi connectivity index (χ0n) is 7.89. The lowest BCUT2D eigenvalue weighted by Crippen LogP contribution is -2.16. The molecule has 4 nitrogen and oxygen atoms in total. The van der Waals surface area contributed by atoms with Crippen LogP contribution < -0.4 is 10.5 Å². The summed E-state index contributed by atoms with van der Waals surface area (Å²) in [6, 6.07) is 1.40. The molecule has 0 saturated heterocycles. The first-order chi connectivity index (χ1) is 7.45. The minimum Gasteiger partial charge on any atom is -0.422 e. The second-order valence-corrected chi connectivity index (χ2v) is 3.05. The summed E-state index contributed by atoms with van der Waals surface area (Å²) >= 11 is 5.14. The second-order valence-electron chi connectivity index (χ2n) is 2.79. The van der Waals surface area contributed by atoms with Gasteiger partial charge in [0.1, 0.15) is 17.5 Å². The third-order valence-electron chi connectivity index (χ3n) is 1.63. The molecule has 86 valence electrons. The molecule has 1 aromatic carbocycles. The number of carbonyl (C=O) groups is 1. The van der Waals surface area contributed by atoms with E-state index >= 15 is 0 Å². The van der Waals surface area contributed by atoms with Gasteiger partial charge in [0.15, 0.2) is 11.6 Å². The third kappa shape index (κ3) is 2.66. The first kappa shape index (κ1) is 12.4. The number of esters is 1. The predicted octanol–water partition coefficient (Wildman–Crippen LogP) is 1.39. The highest BCUT2D eigenvalue weighted by Gasteiger charge is 2.16. The molecule has 0 bridgehead atoms. The van der Waals surface area contributed by atoms with Gasteiger partial charge in [-0.1, -0.05) is 0 Å². The lowest BCUT2D eigenvalue weighted by molar-refractivity contribution is -0.131. The molecule has 1 rings (SSSR count). The Morgan fingerprint density at radius 2 is 2.12 bits per heavy atom. The number of rotatable bonds is 3. The fraction of sp³-hybridized carbons (Fsp3) is 0.111. The largest absolute Gasteiger partial charge is 0.422 e. The van der Waals surface area contributed by atoms with Crippen LogP contribution in [-0.4, -0.2) is 17.7 Å². The molecule has 0 aliphatic carbocycles. The Morgan fingerprint density at radius 3 is 2.62 bits per heavy atom. The van der Waals surface area contributed by atoms with E-state index < -0.39 is 40.6 Å². The molecule has 0 aliphatic rings. The number of nitrogens with one attached hydrogen (secondary N) is 1. The molecule has 1 aromatic rings. The van der Waals surface area contributed by atoms with Crippen molar-refractivity contribution in [1.82, 2.24) is 0 Å². The molecule has 16 heavy (non-hydrogen) atoms. The van der Waals surface area contributed by atoms with Gasteiger partial charge in [-0.25, -0.2) is 8.78 Å². The maximum Gasteiger partial charge on any atom is 0.326 e. The molecule has 0 radical (unpaired) electrons. The molecule has 0 heterocycles. The van der Waals surface area contributed by atoms with Crippen molar-refractivity contribution < 1.29 is 18.3 Å². The van der Waals surface area contributed by atoms with Crippen molar-refractivity contribution in [3.8, 4) is 5.75 Å². The van der Waals surface area contributed by atoms with E-state index in [1.165, 1.54) is 0 Å². The van der Waals surface area contributed by atoms with E-state index in [9.17, 15) is 13.6 Å². The number of hydrogen-bond donors (Lipinski definition) is 2. The highest BCUT2D eigenvalue weighted by atomic mass is 35.5. The molecule has 0 aliphatic heterocycles. The summed E-state index contributed by atoms with van der Waals surface area (Å²) < 4.78 is 30.9. The molecule has 0 saturated carbocycles. The summed E-state index contributed by atoms with van der Waals surface area (Å²) in [5.41, 5.74) is 4.55. The minimum absolute atomic E-state index is 0.475. The van der Waals surface area contributed by atoms with Gasteiger partial charge in [0, 0.05) is 6.07 Å². The minimum atomic E-state index is -1.08. The summed E-state index contributed by atoms with van der Waals surface area (Å²) in [6.45, 7) is 0. The van der Waals surface area contributed by atoms with Crippen molar-refractivity contribution in [3.63, 3.8) is 0 Å². The van der Waals surface area contributed by atoms with Crippen LogP contribution in [0.2, 0.25) is 0 Å². The van der Waals surface area contributed by atoms with Gasteiger partial charge in [-0.15, -0.1) is 11.6 Å². The van der Waals surface area contributed by atoms with Crippen LogP contribution in [0.1, 0.15) is 5.56 Å². The maximum absolute atomic E-state index is 13.5. The van der Waals surface area contributed by atoms with Gasteiger partial charge in [-0.3, -0.25) is 10.2 Å². The highest BCUT2D eigenvalue weighted by Crippen LogP contribution is 2.22. The third-order valence-corrected chi connectivity index (χ3v) is 1.85. The predicted molar refractivity (Wildman–Crippen MR) is 53.7 cm³/mol. The van der Waals surface area contributed by atoms with Crippen molar-refractivity contribution in [2.45, 2.75) is 0 Å².